The second-order valence-corrected chi connectivity index (χ2v) is 18.4. The molecule has 0 unspecified atom stereocenters. The summed E-state index contributed by atoms with van der Waals surface area (Å²) < 4.78 is 17.4. The predicted molar refractivity (Wildman–Crippen MR) is 225 cm³/mol. The molecule has 3 rings (SSSR count). The van der Waals surface area contributed by atoms with Crippen LogP contribution in [0.1, 0.15) is 153 Å². The van der Waals surface area contributed by atoms with E-state index in [0.717, 1.165) is 54.4 Å². The molecule has 1 heterocycles. The highest BCUT2D eigenvalue weighted by molar-refractivity contribution is 5.96. The van der Waals surface area contributed by atoms with Crippen LogP contribution in [-0.2, 0) is 28.6 Å². The van der Waals surface area contributed by atoms with Gasteiger partial charge in [0.1, 0.15) is 18.3 Å². The number of ether oxygens (including phenoxy) is 3. The molecule has 5 atom stereocenters. The van der Waals surface area contributed by atoms with Crippen molar-refractivity contribution >= 4 is 17.7 Å². The lowest BCUT2D eigenvalue weighted by atomic mass is 9.61. The van der Waals surface area contributed by atoms with Crippen LogP contribution in [0.5, 0.6) is 0 Å². The fourth-order valence-corrected chi connectivity index (χ4v) is 9.08. The number of hydrogen-bond donors (Lipinski definition) is 2. The number of fused-ring (bicyclic) bond motifs is 1. The third-order valence-corrected chi connectivity index (χ3v) is 12.0. The fourth-order valence-electron chi connectivity index (χ4n) is 9.08. The Morgan fingerprint density at radius 1 is 0.875 bits per heavy atom. The molecule has 0 radical (unpaired) electrons. The van der Waals surface area contributed by atoms with Gasteiger partial charge in [0.2, 0.25) is 0 Å². The minimum atomic E-state index is -1.14. The zero-order chi connectivity index (χ0) is 42.0. The molecular weight excluding hydrogens is 705 g/mol. The summed E-state index contributed by atoms with van der Waals surface area (Å²) in [6.45, 7) is 21.8. The van der Waals surface area contributed by atoms with Crippen LogP contribution in [0, 0.1) is 10.8 Å². The van der Waals surface area contributed by atoms with Gasteiger partial charge >= 0.3 is 11.9 Å². The monoisotopic (exact) mass is 777 g/mol. The van der Waals surface area contributed by atoms with Crippen LogP contribution in [-0.4, -0.2) is 63.6 Å². The lowest BCUT2D eigenvalue weighted by Crippen LogP contribution is -2.48. The van der Waals surface area contributed by atoms with Crippen molar-refractivity contribution in [2.24, 2.45) is 10.8 Å². The zero-order valence-electron chi connectivity index (χ0n) is 36.4. The minimum Gasteiger partial charge on any atom is -0.462 e. The van der Waals surface area contributed by atoms with Crippen LogP contribution in [0.2, 0.25) is 0 Å². The van der Waals surface area contributed by atoms with E-state index in [1.807, 2.05) is 69.4 Å². The number of carbonyl (C=O) groups excluding carboxylic acids is 3. The van der Waals surface area contributed by atoms with Crippen molar-refractivity contribution in [2.45, 2.75) is 182 Å². The van der Waals surface area contributed by atoms with E-state index in [0.29, 0.717) is 44.9 Å². The van der Waals surface area contributed by atoms with Crippen LogP contribution in [0.4, 0.5) is 0 Å². The Morgan fingerprint density at radius 3 is 2.21 bits per heavy atom. The molecule has 2 saturated carbocycles. The number of aliphatic hydroxyl groups is 2. The normalized spacial score (nSPS) is 30.1. The molecule has 0 bridgehead atoms. The van der Waals surface area contributed by atoms with Gasteiger partial charge in [0, 0.05) is 32.6 Å². The Labute approximate surface area is 337 Å². The summed E-state index contributed by atoms with van der Waals surface area (Å²) in [4.78, 5) is 37.3. The van der Waals surface area contributed by atoms with Gasteiger partial charge in [0.15, 0.2) is 5.78 Å². The number of epoxide rings is 1. The van der Waals surface area contributed by atoms with Crippen LogP contribution in [0.3, 0.4) is 0 Å². The first kappa shape index (κ1) is 47.0. The van der Waals surface area contributed by atoms with Gasteiger partial charge in [0.05, 0.1) is 17.3 Å². The molecular formula is C48H72O8. The third kappa shape index (κ3) is 13.1. The highest BCUT2D eigenvalue weighted by Crippen LogP contribution is 2.67. The van der Waals surface area contributed by atoms with Crippen molar-refractivity contribution in [1.29, 1.82) is 0 Å². The number of aliphatic hydroxyl groups excluding tert-OH is 1. The summed E-state index contributed by atoms with van der Waals surface area (Å²) in [7, 11) is 0. The highest BCUT2D eigenvalue weighted by atomic mass is 16.6. The Bertz CT molecular complexity index is 1610. The van der Waals surface area contributed by atoms with E-state index in [-0.39, 0.29) is 41.3 Å². The summed E-state index contributed by atoms with van der Waals surface area (Å²) in [5.74, 6) is -0.434. The number of esters is 2. The number of allylic oxidation sites excluding steroid dienone is 12. The number of ketones is 1. The second kappa shape index (κ2) is 19.9. The van der Waals surface area contributed by atoms with Gasteiger partial charge in [-0.15, -0.1) is 0 Å². The predicted octanol–water partition coefficient (Wildman–Crippen LogP) is 10.3. The van der Waals surface area contributed by atoms with Crippen LogP contribution in [0.15, 0.2) is 82.5 Å². The number of Topliss-reactive ketones (excluding diaryl/α,β-unsaturated/α-hetero) is 1. The van der Waals surface area contributed by atoms with Crippen LogP contribution < -0.4 is 0 Å². The smallest absolute Gasteiger partial charge is 0.306 e. The number of carbonyl (C=O) groups is 3. The summed E-state index contributed by atoms with van der Waals surface area (Å²) in [5.41, 5.74) is 2.11. The third-order valence-electron chi connectivity index (χ3n) is 12.0. The van der Waals surface area contributed by atoms with E-state index in [1.54, 1.807) is 6.92 Å². The number of hydrogen-bond acceptors (Lipinski definition) is 8. The van der Waals surface area contributed by atoms with E-state index < -0.39 is 22.9 Å². The second-order valence-electron chi connectivity index (χ2n) is 18.4. The van der Waals surface area contributed by atoms with Gasteiger partial charge in [-0.3, -0.25) is 14.4 Å². The van der Waals surface area contributed by atoms with Crippen molar-refractivity contribution in [2.75, 3.05) is 6.61 Å². The van der Waals surface area contributed by atoms with E-state index in [1.165, 1.54) is 12.5 Å². The number of unbranched alkanes of at least 4 members (excludes halogenated alkanes) is 2. The maximum atomic E-state index is 13.2. The molecule has 8 heteroatoms. The lowest BCUT2D eigenvalue weighted by molar-refractivity contribution is -0.152. The molecule has 0 aromatic heterocycles. The molecule has 0 spiro atoms. The SMILES string of the molecule is CCCCCC(=O)OC\C(=C/C=C/C(C)=C/C=C/C=C(\C)CC/C=C(\C)C(=O)C[C@@]12O[C@]1(C)C[C@@H](O)CC2(C)C)CC=C1C(C)(C)C[C@H](OC(C)=O)C[C@@]1(C)O. The van der Waals surface area contributed by atoms with Crippen molar-refractivity contribution < 1.29 is 38.8 Å². The standard InChI is InChI=1S/C48H72O8/c1-12-13-14-25-43(52)54-33-38(26-27-42-44(6,7)30-40(55-37(5)49)31-46(42,10)53)24-18-22-35(3)20-16-15-19-34(2)21-17-23-36(4)41(51)32-48-45(8,9)28-39(50)29-47(48,11)56-48/h15-16,18-20,22-24,27,39-40,50,53H,12-14,17,21,25-26,28-33H2,1-11H3/b16-15+,22-18+,34-19+,35-20+,36-23+,38-24-,42-27?/t39-,40-,46+,47+,48-/m0/s1. The molecule has 8 nitrogen and oxygen atoms in total. The Kier molecular flexibility index (Phi) is 16.7. The van der Waals surface area contributed by atoms with Crippen molar-refractivity contribution in [1.82, 2.24) is 0 Å². The van der Waals surface area contributed by atoms with Crippen molar-refractivity contribution in [3.63, 3.8) is 0 Å². The number of rotatable bonds is 19. The van der Waals surface area contributed by atoms with Gasteiger partial charge in [-0.25, -0.2) is 0 Å². The minimum absolute atomic E-state index is 0.118. The van der Waals surface area contributed by atoms with Crippen LogP contribution in [0.25, 0.3) is 0 Å². The van der Waals surface area contributed by atoms with Crippen molar-refractivity contribution in [3.05, 3.63) is 82.5 Å². The molecule has 312 valence electrons. The summed E-state index contributed by atoms with van der Waals surface area (Å²) in [6.07, 6.45) is 25.3. The van der Waals surface area contributed by atoms with E-state index in [2.05, 4.69) is 47.6 Å². The molecule has 1 aliphatic heterocycles. The van der Waals surface area contributed by atoms with Crippen LogP contribution >= 0.6 is 0 Å². The summed E-state index contributed by atoms with van der Waals surface area (Å²) in [6, 6.07) is 0. The molecule has 0 amide bonds. The molecule has 1 saturated heterocycles. The first-order valence-electron chi connectivity index (χ1n) is 20.8. The van der Waals surface area contributed by atoms with Gasteiger partial charge in [-0.2, -0.15) is 0 Å². The Hall–Kier alpha value is -3.33. The maximum Gasteiger partial charge on any atom is 0.306 e. The van der Waals surface area contributed by atoms with Gasteiger partial charge in [-0.1, -0.05) is 113 Å². The first-order valence-corrected chi connectivity index (χ1v) is 20.8. The molecule has 3 aliphatic rings. The summed E-state index contributed by atoms with van der Waals surface area (Å²) >= 11 is 0. The van der Waals surface area contributed by atoms with E-state index >= 15 is 0 Å². The topological polar surface area (TPSA) is 123 Å². The lowest BCUT2D eigenvalue weighted by Gasteiger charge is -2.46. The largest absolute Gasteiger partial charge is 0.462 e. The van der Waals surface area contributed by atoms with E-state index in [9.17, 15) is 24.6 Å². The maximum absolute atomic E-state index is 13.2. The average Bonchev–Trinajstić information content (AvgIpc) is 3.68. The zero-order valence-corrected chi connectivity index (χ0v) is 36.4. The fraction of sp³-hybridized carbons (Fsp3) is 0.646. The molecule has 3 fully saturated rings. The van der Waals surface area contributed by atoms with E-state index in [4.69, 9.17) is 14.2 Å². The average molecular weight is 777 g/mol. The Morgan fingerprint density at radius 2 is 1.57 bits per heavy atom. The molecule has 2 aliphatic carbocycles. The van der Waals surface area contributed by atoms with Gasteiger partial charge in [-0.05, 0) is 101 Å². The van der Waals surface area contributed by atoms with Gasteiger partial charge in [0.25, 0.3) is 0 Å². The van der Waals surface area contributed by atoms with Crippen molar-refractivity contribution in [3.8, 4) is 0 Å². The molecule has 0 aromatic carbocycles. The Balaban J connectivity index is 1.60. The molecule has 56 heavy (non-hydrogen) atoms. The molecule has 2 N–H and O–H groups in total. The highest BCUT2D eigenvalue weighted by Gasteiger charge is 2.76. The first-order chi connectivity index (χ1) is 26.1. The molecule has 0 aromatic rings. The van der Waals surface area contributed by atoms with Gasteiger partial charge < -0.3 is 24.4 Å². The summed E-state index contributed by atoms with van der Waals surface area (Å²) in [5, 5.41) is 21.8. The quantitative estimate of drug-likeness (QED) is 0.0332.